The standard InChI is InChI=1S/C31H31N/c1-19-8-14-27-28-17-23-11-12-24(23)18-29(28)32(25-6-4-3-5-7-25)31(27)30(19)26-15-13-21-9-10-22(21)16-20(26)2/h3-8,14,17-18,21-22H,9-13,15-16H2,1-2H3. The van der Waals surface area contributed by atoms with E-state index in [-0.39, 0.29) is 0 Å². The van der Waals surface area contributed by atoms with E-state index in [1.165, 1.54) is 89.1 Å². The summed E-state index contributed by atoms with van der Waals surface area (Å²) in [6.45, 7) is 4.75. The third kappa shape index (κ3) is 2.57. The number of aryl methyl sites for hydroxylation is 3. The normalized spacial score (nSPS) is 22.3. The second-order valence-electron chi connectivity index (χ2n) is 10.6. The van der Waals surface area contributed by atoms with Crippen LogP contribution in [-0.4, -0.2) is 4.57 Å². The molecule has 0 N–H and O–H groups in total. The van der Waals surface area contributed by atoms with E-state index < -0.39 is 0 Å². The van der Waals surface area contributed by atoms with E-state index in [9.17, 15) is 0 Å². The molecule has 0 bridgehead atoms. The molecule has 0 spiro atoms. The number of hydrogen-bond donors (Lipinski definition) is 0. The van der Waals surface area contributed by atoms with E-state index in [1.807, 2.05) is 0 Å². The Balaban J connectivity index is 1.59. The van der Waals surface area contributed by atoms with Crippen molar-refractivity contribution in [2.45, 2.75) is 58.8 Å². The van der Waals surface area contributed by atoms with Crippen molar-refractivity contribution in [1.29, 1.82) is 0 Å². The quantitative estimate of drug-likeness (QED) is 0.310. The summed E-state index contributed by atoms with van der Waals surface area (Å²) < 4.78 is 2.57. The number of nitrogens with zero attached hydrogens (tertiary/aromatic N) is 1. The fourth-order valence-corrected chi connectivity index (χ4v) is 6.81. The number of rotatable bonds is 2. The molecule has 0 saturated heterocycles. The van der Waals surface area contributed by atoms with Gasteiger partial charge in [0, 0.05) is 22.0 Å². The predicted octanol–water partition coefficient (Wildman–Crippen LogP) is 8.17. The van der Waals surface area contributed by atoms with E-state index in [0.29, 0.717) is 0 Å². The van der Waals surface area contributed by atoms with E-state index in [4.69, 9.17) is 0 Å². The largest absolute Gasteiger partial charge is 0.309 e. The lowest BCUT2D eigenvalue weighted by Crippen LogP contribution is -2.24. The Hall–Kier alpha value is -2.80. The molecule has 3 aliphatic rings. The minimum Gasteiger partial charge on any atom is -0.309 e. The van der Waals surface area contributed by atoms with Gasteiger partial charge in [-0.05, 0) is 117 Å². The van der Waals surface area contributed by atoms with Gasteiger partial charge in [-0.25, -0.2) is 0 Å². The number of allylic oxidation sites excluding steroid dienone is 2. The maximum absolute atomic E-state index is 2.57. The van der Waals surface area contributed by atoms with Crippen LogP contribution >= 0.6 is 0 Å². The highest BCUT2D eigenvalue weighted by molar-refractivity contribution is 6.13. The maximum Gasteiger partial charge on any atom is 0.0618 e. The number of benzene rings is 3. The highest BCUT2D eigenvalue weighted by atomic mass is 15.0. The Morgan fingerprint density at radius 2 is 1.53 bits per heavy atom. The van der Waals surface area contributed by atoms with Gasteiger partial charge in [0.15, 0.2) is 0 Å². The van der Waals surface area contributed by atoms with Crippen LogP contribution in [-0.2, 0) is 12.8 Å². The molecule has 1 saturated carbocycles. The van der Waals surface area contributed by atoms with Gasteiger partial charge in [-0.1, -0.05) is 35.9 Å². The topological polar surface area (TPSA) is 4.93 Å². The van der Waals surface area contributed by atoms with Gasteiger partial charge >= 0.3 is 0 Å². The van der Waals surface area contributed by atoms with Crippen LogP contribution in [0.1, 0.15) is 61.3 Å². The molecule has 1 fully saturated rings. The van der Waals surface area contributed by atoms with Crippen LogP contribution < -0.4 is 0 Å². The van der Waals surface area contributed by atoms with Gasteiger partial charge in [0.1, 0.15) is 0 Å². The van der Waals surface area contributed by atoms with Gasteiger partial charge in [-0.15, -0.1) is 0 Å². The monoisotopic (exact) mass is 417 g/mol. The van der Waals surface area contributed by atoms with Crippen LogP contribution in [0.2, 0.25) is 0 Å². The van der Waals surface area contributed by atoms with Crippen molar-refractivity contribution in [3.05, 3.63) is 82.4 Å². The van der Waals surface area contributed by atoms with Crippen molar-refractivity contribution in [3.8, 4) is 5.69 Å². The summed E-state index contributed by atoms with van der Waals surface area (Å²) >= 11 is 0. The van der Waals surface area contributed by atoms with E-state index >= 15 is 0 Å². The average Bonchev–Trinajstić information content (AvgIpc) is 3.04. The zero-order chi connectivity index (χ0) is 21.4. The molecule has 7 rings (SSSR count). The minimum absolute atomic E-state index is 0.936. The Morgan fingerprint density at radius 3 is 2.28 bits per heavy atom. The van der Waals surface area contributed by atoms with Gasteiger partial charge in [0.25, 0.3) is 0 Å². The molecular formula is C31H31N. The van der Waals surface area contributed by atoms with Crippen molar-refractivity contribution in [2.24, 2.45) is 11.8 Å². The van der Waals surface area contributed by atoms with Gasteiger partial charge in [-0.3, -0.25) is 0 Å². The van der Waals surface area contributed by atoms with Crippen molar-refractivity contribution in [1.82, 2.24) is 4.57 Å². The Labute approximate surface area is 190 Å². The molecule has 160 valence electrons. The summed E-state index contributed by atoms with van der Waals surface area (Å²) in [5.41, 5.74) is 13.4. The summed E-state index contributed by atoms with van der Waals surface area (Å²) in [6, 6.07) is 20.8. The third-order valence-electron chi connectivity index (χ3n) is 8.86. The van der Waals surface area contributed by atoms with Crippen molar-refractivity contribution < 1.29 is 0 Å². The molecule has 2 atom stereocenters. The molecule has 0 amide bonds. The lowest BCUT2D eigenvalue weighted by Gasteiger charge is -2.35. The molecule has 0 radical (unpaired) electrons. The van der Waals surface area contributed by atoms with Crippen LogP contribution in [0.3, 0.4) is 0 Å². The van der Waals surface area contributed by atoms with Crippen molar-refractivity contribution in [2.75, 3.05) is 0 Å². The highest BCUT2D eigenvalue weighted by Gasteiger charge is 2.34. The lowest BCUT2D eigenvalue weighted by molar-refractivity contribution is 0.170. The zero-order valence-electron chi connectivity index (χ0n) is 19.2. The third-order valence-corrected chi connectivity index (χ3v) is 8.86. The highest BCUT2D eigenvalue weighted by Crippen LogP contribution is 2.49. The molecule has 0 aliphatic heterocycles. The van der Waals surface area contributed by atoms with Crippen LogP contribution in [0.5, 0.6) is 0 Å². The van der Waals surface area contributed by atoms with Gasteiger partial charge in [0.05, 0.1) is 11.0 Å². The second-order valence-corrected chi connectivity index (χ2v) is 10.6. The summed E-state index contributed by atoms with van der Waals surface area (Å²) in [7, 11) is 0. The van der Waals surface area contributed by atoms with Crippen LogP contribution in [0.4, 0.5) is 0 Å². The second kappa shape index (κ2) is 6.85. The van der Waals surface area contributed by atoms with Crippen LogP contribution in [0, 0.1) is 18.8 Å². The Kier molecular flexibility index (Phi) is 4.01. The Morgan fingerprint density at radius 1 is 0.750 bits per heavy atom. The molecule has 1 aromatic heterocycles. The van der Waals surface area contributed by atoms with E-state index in [2.05, 4.69) is 73.0 Å². The van der Waals surface area contributed by atoms with Crippen LogP contribution in [0.25, 0.3) is 33.1 Å². The number of aromatic nitrogens is 1. The first-order valence-electron chi connectivity index (χ1n) is 12.5. The fourth-order valence-electron chi connectivity index (χ4n) is 6.81. The molecule has 2 unspecified atom stereocenters. The van der Waals surface area contributed by atoms with Crippen LogP contribution in [0.15, 0.2) is 60.2 Å². The molecule has 32 heavy (non-hydrogen) atoms. The first kappa shape index (κ1) is 18.7. The van der Waals surface area contributed by atoms with Gasteiger partial charge in [-0.2, -0.15) is 0 Å². The van der Waals surface area contributed by atoms with E-state index in [1.54, 1.807) is 16.7 Å². The molecule has 1 heterocycles. The number of fused-ring (bicyclic) bond motifs is 5. The van der Waals surface area contributed by atoms with Gasteiger partial charge in [0.2, 0.25) is 0 Å². The number of hydrogen-bond acceptors (Lipinski definition) is 0. The number of para-hydroxylation sites is 1. The summed E-state index contributed by atoms with van der Waals surface area (Å²) in [4.78, 5) is 0. The predicted molar refractivity (Wildman–Crippen MR) is 136 cm³/mol. The molecule has 3 aromatic carbocycles. The molecular weight excluding hydrogens is 386 g/mol. The van der Waals surface area contributed by atoms with E-state index in [0.717, 1.165) is 11.8 Å². The van der Waals surface area contributed by atoms with Crippen molar-refractivity contribution >= 4 is 27.4 Å². The average molecular weight is 418 g/mol. The first-order valence-corrected chi connectivity index (χ1v) is 12.5. The lowest BCUT2D eigenvalue weighted by atomic mass is 9.70. The SMILES string of the molecule is CC1=C(c2c(C)ccc3c4cc5c(cc4n(-c4ccccc4)c23)CC5)CCC2CCC2C1. The minimum atomic E-state index is 0.936. The summed E-state index contributed by atoms with van der Waals surface area (Å²) in [5, 5.41) is 2.85. The molecule has 4 aromatic rings. The summed E-state index contributed by atoms with van der Waals surface area (Å²) in [5.74, 6) is 1.90. The Bertz CT molecular complexity index is 1420. The summed E-state index contributed by atoms with van der Waals surface area (Å²) in [6.07, 6.45) is 9.25. The molecule has 3 aliphatic carbocycles. The fraction of sp³-hybridized carbons (Fsp3) is 0.355. The maximum atomic E-state index is 2.57. The molecule has 1 nitrogen and oxygen atoms in total. The van der Waals surface area contributed by atoms with Gasteiger partial charge < -0.3 is 4.57 Å². The smallest absolute Gasteiger partial charge is 0.0618 e. The molecule has 1 heteroatoms. The zero-order valence-corrected chi connectivity index (χ0v) is 19.2. The van der Waals surface area contributed by atoms with Crippen molar-refractivity contribution in [3.63, 3.8) is 0 Å². The first-order chi connectivity index (χ1) is 15.7.